The molecule has 30 heavy (non-hydrogen) atoms. The van der Waals surface area contributed by atoms with Crippen LogP contribution in [0.4, 0.5) is 0 Å². The van der Waals surface area contributed by atoms with Crippen molar-refractivity contribution in [1.82, 2.24) is 0 Å². The summed E-state index contributed by atoms with van der Waals surface area (Å²) in [7, 11) is 0. The van der Waals surface area contributed by atoms with E-state index in [0.717, 1.165) is 38.8 Å². The van der Waals surface area contributed by atoms with Crippen molar-refractivity contribution >= 4 is 10.8 Å². The third kappa shape index (κ3) is 3.56. The zero-order valence-electron chi connectivity index (χ0n) is 16.5. The molecule has 0 aliphatic rings. The van der Waals surface area contributed by atoms with Gasteiger partial charge < -0.3 is 4.42 Å². The summed E-state index contributed by atoms with van der Waals surface area (Å²) in [5.41, 5.74) is 5.08. The van der Waals surface area contributed by atoms with Gasteiger partial charge in [-0.1, -0.05) is 109 Å². The Labute approximate surface area is 175 Å². The fourth-order valence-corrected chi connectivity index (χ4v) is 3.76. The van der Waals surface area contributed by atoms with Crippen LogP contribution < -0.4 is 5.55 Å². The standard InChI is InChI=1S/C28H21NO/c1-4-12-21(13-5-1)20-29-28-25-19-11-10-18-24(25)26(22-14-6-2-7-15-22)27(30-28)23-16-8-3-9-17-23/h1-19H,20H2. The maximum Gasteiger partial charge on any atom is 0.223 e. The minimum atomic E-state index is 0.577. The van der Waals surface area contributed by atoms with E-state index in [4.69, 9.17) is 9.41 Å². The molecular weight excluding hydrogens is 366 g/mol. The normalized spacial score (nSPS) is 11.7. The summed E-state index contributed by atoms with van der Waals surface area (Å²) in [6, 6.07) is 39.3. The van der Waals surface area contributed by atoms with E-state index in [9.17, 15) is 0 Å². The van der Waals surface area contributed by atoms with Gasteiger partial charge in [0.25, 0.3) is 0 Å². The minimum absolute atomic E-state index is 0.577. The molecule has 0 atom stereocenters. The van der Waals surface area contributed by atoms with Gasteiger partial charge in [-0.3, -0.25) is 0 Å². The fourth-order valence-electron chi connectivity index (χ4n) is 3.76. The molecule has 2 heteroatoms. The highest BCUT2D eigenvalue weighted by molar-refractivity contribution is 6.01. The molecule has 0 aliphatic heterocycles. The van der Waals surface area contributed by atoms with Gasteiger partial charge in [0.05, 0.1) is 6.54 Å². The Kier molecular flexibility index (Phi) is 4.97. The van der Waals surface area contributed by atoms with Gasteiger partial charge in [-0.15, -0.1) is 0 Å². The van der Waals surface area contributed by atoms with E-state index in [0.29, 0.717) is 12.1 Å². The second-order valence-corrected chi connectivity index (χ2v) is 7.19. The van der Waals surface area contributed by atoms with Crippen molar-refractivity contribution in [2.24, 2.45) is 4.99 Å². The Hall–Kier alpha value is -3.91. The summed E-state index contributed by atoms with van der Waals surface area (Å²) in [4.78, 5) is 4.86. The van der Waals surface area contributed by atoms with E-state index in [1.807, 2.05) is 48.5 Å². The summed E-state index contributed by atoms with van der Waals surface area (Å²) >= 11 is 0. The molecule has 4 aromatic carbocycles. The first-order valence-corrected chi connectivity index (χ1v) is 10.1. The van der Waals surface area contributed by atoms with Crippen LogP contribution in [-0.2, 0) is 6.54 Å². The lowest BCUT2D eigenvalue weighted by Gasteiger charge is -2.13. The number of hydrogen-bond acceptors (Lipinski definition) is 2. The van der Waals surface area contributed by atoms with Crippen LogP contribution in [0.2, 0.25) is 0 Å². The SMILES string of the molecule is c1ccc(CN=c2oc(-c3ccccc3)c(-c3ccccc3)c3ccccc23)cc1. The molecule has 1 aromatic heterocycles. The lowest BCUT2D eigenvalue weighted by atomic mass is 9.95. The summed E-state index contributed by atoms with van der Waals surface area (Å²) in [5.74, 6) is 0.840. The Balaban J connectivity index is 1.81. The summed E-state index contributed by atoms with van der Waals surface area (Å²) in [6.07, 6.45) is 0. The Bertz CT molecular complexity index is 1340. The van der Waals surface area contributed by atoms with E-state index >= 15 is 0 Å². The molecule has 144 valence electrons. The quantitative estimate of drug-likeness (QED) is 0.330. The van der Waals surface area contributed by atoms with Gasteiger partial charge in [0.1, 0.15) is 5.76 Å². The van der Waals surface area contributed by atoms with Gasteiger partial charge in [0.15, 0.2) is 0 Å². The van der Waals surface area contributed by atoms with Gasteiger partial charge >= 0.3 is 0 Å². The molecule has 0 fully saturated rings. The monoisotopic (exact) mass is 387 g/mol. The van der Waals surface area contributed by atoms with Crippen molar-refractivity contribution in [2.75, 3.05) is 0 Å². The highest BCUT2D eigenvalue weighted by Gasteiger charge is 2.16. The van der Waals surface area contributed by atoms with Gasteiger partial charge in [-0.05, 0) is 22.6 Å². The van der Waals surface area contributed by atoms with Crippen molar-refractivity contribution in [3.8, 4) is 22.5 Å². The molecule has 0 aliphatic carbocycles. The van der Waals surface area contributed by atoms with Crippen LogP contribution in [0.15, 0.2) is 125 Å². The molecule has 0 radical (unpaired) electrons. The van der Waals surface area contributed by atoms with Crippen LogP contribution >= 0.6 is 0 Å². The second-order valence-electron chi connectivity index (χ2n) is 7.19. The van der Waals surface area contributed by atoms with Crippen molar-refractivity contribution in [2.45, 2.75) is 6.54 Å². The van der Waals surface area contributed by atoms with Gasteiger partial charge in [-0.2, -0.15) is 0 Å². The first-order chi connectivity index (χ1) is 14.9. The summed E-state index contributed by atoms with van der Waals surface area (Å²) < 4.78 is 6.52. The Morgan fingerprint density at radius 3 is 1.73 bits per heavy atom. The highest BCUT2D eigenvalue weighted by Crippen LogP contribution is 2.36. The average molecular weight is 387 g/mol. The van der Waals surface area contributed by atoms with Gasteiger partial charge in [-0.25, -0.2) is 4.99 Å². The molecule has 2 nitrogen and oxygen atoms in total. The topological polar surface area (TPSA) is 25.5 Å². The molecule has 0 saturated carbocycles. The molecule has 0 spiro atoms. The Morgan fingerprint density at radius 2 is 1.07 bits per heavy atom. The molecule has 5 aromatic rings. The lowest BCUT2D eigenvalue weighted by Crippen LogP contribution is -2.06. The number of benzene rings is 4. The first-order valence-electron chi connectivity index (χ1n) is 10.1. The maximum absolute atomic E-state index is 6.52. The third-order valence-corrected chi connectivity index (χ3v) is 5.20. The molecule has 5 rings (SSSR count). The molecule has 0 bridgehead atoms. The van der Waals surface area contributed by atoms with Gasteiger partial charge in [0, 0.05) is 16.5 Å². The van der Waals surface area contributed by atoms with E-state index in [1.54, 1.807) is 0 Å². The van der Waals surface area contributed by atoms with E-state index in [2.05, 4.69) is 66.7 Å². The maximum atomic E-state index is 6.52. The molecule has 0 unspecified atom stereocenters. The summed E-state index contributed by atoms with van der Waals surface area (Å²) in [5, 5.41) is 2.16. The average Bonchev–Trinajstić information content (AvgIpc) is 2.84. The highest BCUT2D eigenvalue weighted by atomic mass is 16.3. The van der Waals surface area contributed by atoms with Gasteiger partial charge in [0.2, 0.25) is 5.55 Å². The van der Waals surface area contributed by atoms with Crippen molar-refractivity contribution in [1.29, 1.82) is 0 Å². The molecule has 0 amide bonds. The van der Waals surface area contributed by atoms with Crippen LogP contribution in [0, 0.1) is 0 Å². The molecule has 0 N–H and O–H groups in total. The zero-order chi connectivity index (χ0) is 20.2. The second kappa shape index (κ2) is 8.22. The van der Waals surface area contributed by atoms with Crippen LogP contribution in [0.25, 0.3) is 33.2 Å². The van der Waals surface area contributed by atoms with Crippen molar-refractivity contribution in [3.05, 3.63) is 126 Å². The van der Waals surface area contributed by atoms with Crippen LogP contribution in [0.3, 0.4) is 0 Å². The predicted molar refractivity (Wildman–Crippen MR) is 123 cm³/mol. The number of hydrogen-bond donors (Lipinski definition) is 0. The van der Waals surface area contributed by atoms with Crippen molar-refractivity contribution in [3.63, 3.8) is 0 Å². The predicted octanol–water partition coefficient (Wildman–Crippen LogP) is 6.87. The number of rotatable bonds is 4. The van der Waals surface area contributed by atoms with Crippen molar-refractivity contribution < 1.29 is 4.42 Å². The first kappa shape index (κ1) is 18.1. The minimum Gasteiger partial charge on any atom is -0.437 e. The van der Waals surface area contributed by atoms with E-state index < -0.39 is 0 Å². The largest absolute Gasteiger partial charge is 0.437 e. The molecule has 1 heterocycles. The molecule has 0 saturated heterocycles. The van der Waals surface area contributed by atoms with Crippen LogP contribution in [0.1, 0.15) is 5.56 Å². The smallest absolute Gasteiger partial charge is 0.223 e. The number of fused-ring (bicyclic) bond motifs is 1. The lowest BCUT2D eigenvalue weighted by molar-refractivity contribution is 0.513. The van der Waals surface area contributed by atoms with Crippen LogP contribution in [-0.4, -0.2) is 0 Å². The third-order valence-electron chi connectivity index (χ3n) is 5.20. The zero-order valence-corrected chi connectivity index (χ0v) is 16.5. The van der Waals surface area contributed by atoms with E-state index in [-0.39, 0.29) is 0 Å². The molecular formula is C28H21NO. The number of nitrogens with zero attached hydrogens (tertiary/aromatic N) is 1. The summed E-state index contributed by atoms with van der Waals surface area (Å²) in [6.45, 7) is 0.577. The Morgan fingerprint density at radius 1 is 0.533 bits per heavy atom. The van der Waals surface area contributed by atoms with E-state index in [1.165, 1.54) is 0 Å². The van der Waals surface area contributed by atoms with Crippen LogP contribution in [0.5, 0.6) is 0 Å². The fraction of sp³-hybridized carbons (Fsp3) is 0.0357.